The third-order valence-electron chi connectivity index (χ3n) is 3.94. The van der Waals surface area contributed by atoms with E-state index in [1.165, 1.54) is 5.06 Å². The molecule has 2 rings (SSSR count). The molecule has 1 aliphatic heterocycles. The molecule has 0 spiro atoms. The summed E-state index contributed by atoms with van der Waals surface area (Å²) in [6, 6.07) is 5.50. The molecule has 8 nitrogen and oxygen atoms in total. The number of rotatable bonds is 8. The lowest BCUT2D eigenvalue weighted by atomic mass is 10.1. The van der Waals surface area contributed by atoms with Crippen LogP contribution in [0.3, 0.4) is 0 Å². The SMILES string of the molecule is CCc1cc(C(C)=O)ccc1OCCCON1C(N)=NC(N)=NC1(C)C. The minimum absolute atomic E-state index is 0.0475. The Kier molecular flexibility index (Phi) is 6.20. The van der Waals surface area contributed by atoms with Crippen molar-refractivity contribution in [3.63, 3.8) is 0 Å². The Morgan fingerprint density at radius 2 is 2.00 bits per heavy atom. The minimum atomic E-state index is -0.714. The van der Waals surface area contributed by atoms with Crippen molar-refractivity contribution in [2.24, 2.45) is 21.5 Å². The Morgan fingerprint density at radius 3 is 2.62 bits per heavy atom. The number of benzene rings is 1. The Labute approximate surface area is 153 Å². The molecule has 0 amide bonds. The fraction of sp³-hybridized carbons (Fsp3) is 0.500. The van der Waals surface area contributed by atoms with Gasteiger partial charge in [-0.05, 0) is 51.0 Å². The first-order valence-corrected chi connectivity index (χ1v) is 8.64. The largest absolute Gasteiger partial charge is 0.493 e. The number of aliphatic imine (C=N–C) groups is 2. The van der Waals surface area contributed by atoms with Crippen LogP contribution >= 0.6 is 0 Å². The summed E-state index contributed by atoms with van der Waals surface area (Å²) in [5, 5.41) is 1.45. The number of ether oxygens (including phenoxy) is 1. The Balaban J connectivity index is 1.84. The van der Waals surface area contributed by atoms with Gasteiger partial charge >= 0.3 is 0 Å². The summed E-state index contributed by atoms with van der Waals surface area (Å²) in [7, 11) is 0. The summed E-state index contributed by atoms with van der Waals surface area (Å²) in [4.78, 5) is 25.3. The zero-order valence-corrected chi connectivity index (χ0v) is 15.8. The topological polar surface area (TPSA) is 116 Å². The molecule has 1 aromatic carbocycles. The number of aryl methyl sites for hydroxylation is 1. The van der Waals surface area contributed by atoms with Crippen LogP contribution in [0.2, 0.25) is 0 Å². The Hall–Kier alpha value is -2.61. The third kappa shape index (κ3) is 4.72. The highest BCUT2D eigenvalue weighted by Gasteiger charge is 2.32. The van der Waals surface area contributed by atoms with Gasteiger partial charge in [-0.15, -0.1) is 0 Å². The fourth-order valence-corrected chi connectivity index (χ4v) is 2.63. The van der Waals surface area contributed by atoms with E-state index in [0.717, 1.165) is 17.7 Å². The van der Waals surface area contributed by atoms with Gasteiger partial charge in [0.1, 0.15) is 5.75 Å². The van der Waals surface area contributed by atoms with Crippen molar-refractivity contribution in [1.82, 2.24) is 5.06 Å². The highest BCUT2D eigenvalue weighted by molar-refractivity contribution is 5.95. The van der Waals surface area contributed by atoms with Gasteiger partial charge in [-0.1, -0.05) is 6.92 Å². The van der Waals surface area contributed by atoms with Gasteiger partial charge in [0.05, 0.1) is 13.2 Å². The third-order valence-corrected chi connectivity index (χ3v) is 3.94. The standard InChI is InChI=1S/C18H27N5O3/c1-5-13-11-14(12(2)24)7-8-15(13)25-9-6-10-26-23-17(20)21-16(19)22-18(23,3)4/h7-8,11H,5-6,9-10H2,1-4H3,(H4,19,20,21,22). The van der Waals surface area contributed by atoms with Crippen LogP contribution in [-0.2, 0) is 11.3 Å². The van der Waals surface area contributed by atoms with Gasteiger partial charge in [-0.2, -0.15) is 10.1 Å². The van der Waals surface area contributed by atoms with E-state index in [9.17, 15) is 4.79 Å². The van der Waals surface area contributed by atoms with Crippen molar-refractivity contribution in [2.75, 3.05) is 13.2 Å². The number of hydrogen-bond donors (Lipinski definition) is 2. The van der Waals surface area contributed by atoms with Crippen molar-refractivity contribution in [1.29, 1.82) is 0 Å². The molecule has 1 heterocycles. The molecule has 26 heavy (non-hydrogen) atoms. The second-order valence-corrected chi connectivity index (χ2v) is 6.50. The highest BCUT2D eigenvalue weighted by atomic mass is 16.7. The zero-order chi connectivity index (χ0) is 19.3. The molecule has 1 aromatic rings. The summed E-state index contributed by atoms with van der Waals surface area (Å²) >= 11 is 0. The van der Waals surface area contributed by atoms with Crippen LogP contribution in [0.15, 0.2) is 28.2 Å². The molecule has 1 aliphatic rings. The first kappa shape index (κ1) is 19.7. The molecule has 0 saturated heterocycles. The molecule has 142 valence electrons. The number of hydrogen-bond acceptors (Lipinski definition) is 8. The van der Waals surface area contributed by atoms with Gasteiger partial charge in [0.15, 0.2) is 11.4 Å². The van der Waals surface area contributed by atoms with E-state index in [0.29, 0.717) is 25.2 Å². The van der Waals surface area contributed by atoms with Crippen molar-refractivity contribution in [2.45, 2.75) is 46.2 Å². The van der Waals surface area contributed by atoms with Crippen LogP contribution in [0, 0.1) is 0 Å². The van der Waals surface area contributed by atoms with E-state index in [1.54, 1.807) is 13.0 Å². The molecule has 0 fully saturated rings. The van der Waals surface area contributed by atoms with Crippen LogP contribution in [0.25, 0.3) is 0 Å². The summed E-state index contributed by atoms with van der Waals surface area (Å²) in [6.45, 7) is 8.12. The first-order valence-electron chi connectivity index (χ1n) is 8.64. The predicted molar refractivity (Wildman–Crippen MR) is 101 cm³/mol. The molecule has 0 aromatic heterocycles. The van der Waals surface area contributed by atoms with Crippen molar-refractivity contribution < 1.29 is 14.4 Å². The maximum absolute atomic E-state index is 11.5. The molecule has 0 radical (unpaired) electrons. The van der Waals surface area contributed by atoms with Crippen LogP contribution in [0.1, 0.15) is 50.0 Å². The molecule has 8 heteroatoms. The van der Waals surface area contributed by atoms with E-state index in [4.69, 9.17) is 21.0 Å². The van der Waals surface area contributed by atoms with E-state index < -0.39 is 5.66 Å². The molecular weight excluding hydrogens is 334 g/mol. The number of hydroxylamine groups is 2. The van der Waals surface area contributed by atoms with Gasteiger partial charge in [0.2, 0.25) is 11.9 Å². The minimum Gasteiger partial charge on any atom is -0.493 e. The number of guanidine groups is 2. The molecule has 0 atom stereocenters. The average Bonchev–Trinajstić information content (AvgIpc) is 2.55. The lowest BCUT2D eigenvalue weighted by Gasteiger charge is -2.36. The van der Waals surface area contributed by atoms with Gasteiger partial charge in [0.25, 0.3) is 0 Å². The first-order chi connectivity index (χ1) is 12.2. The van der Waals surface area contributed by atoms with Crippen molar-refractivity contribution >= 4 is 17.7 Å². The molecule has 0 unspecified atom stereocenters. The summed E-state index contributed by atoms with van der Waals surface area (Å²) < 4.78 is 5.83. The molecular formula is C18H27N5O3. The van der Waals surface area contributed by atoms with Gasteiger partial charge < -0.3 is 16.2 Å². The number of carbonyl (C=O) groups is 1. The summed E-state index contributed by atoms with van der Waals surface area (Å²) in [6.07, 6.45) is 1.44. The predicted octanol–water partition coefficient (Wildman–Crippen LogP) is 1.83. The average molecular weight is 361 g/mol. The van der Waals surface area contributed by atoms with E-state index in [-0.39, 0.29) is 17.7 Å². The second kappa shape index (κ2) is 8.18. The lowest BCUT2D eigenvalue weighted by molar-refractivity contribution is -0.158. The van der Waals surface area contributed by atoms with Crippen LogP contribution in [-0.4, -0.2) is 41.6 Å². The number of Topliss-reactive ketones (excluding diaryl/α,β-unsaturated/α-hetero) is 1. The summed E-state index contributed by atoms with van der Waals surface area (Å²) in [5.74, 6) is 1.15. The summed E-state index contributed by atoms with van der Waals surface area (Å²) in [5.41, 5.74) is 12.5. The maximum atomic E-state index is 11.5. The van der Waals surface area contributed by atoms with Crippen LogP contribution < -0.4 is 16.2 Å². The Morgan fingerprint density at radius 1 is 1.27 bits per heavy atom. The number of ketones is 1. The fourth-order valence-electron chi connectivity index (χ4n) is 2.63. The normalized spacial score (nSPS) is 16.1. The van der Waals surface area contributed by atoms with Crippen molar-refractivity contribution in [3.8, 4) is 5.75 Å². The van der Waals surface area contributed by atoms with E-state index in [1.807, 2.05) is 32.9 Å². The lowest BCUT2D eigenvalue weighted by Crippen LogP contribution is -2.53. The van der Waals surface area contributed by atoms with Gasteiger partial charge in [-0.25, -0.2) is 4.99 Å². The molecule has 0 aliphatic carbocycles. The van der Waals surface area contributed by atoms with Gasteiger partial charge in [0, 0.05) is 12.0 Å². The van der Waals surface area contributed by atoms with Gasteiger partial charge in [-0.3, -0.25) is 9.63 Å². The molecule has 4 N–H and O–H groups in total. The monoisotopic (exact) mass is 361 g/mol. The molecule has 0 saturated carbocycles. The highest BCUT2D eigenvalue weighted by Crippen LogP contribution is 2.22. The number of nitrogens with zero attached hydrogens (tertiary/aromatic N) is 3. The van der Waals surface area contributed by atoms with Crippen molar-refractivity contribution in [3.05, 3.63) is 29.3 Å². The maximum Gasteiger partial charge on any atom is 0.226 e. The molecule has 0 bridgehead atoms. The smallest absolute Gasteiger partial charge is 0.226 e. The second-order valence-electron chi connectivity index (χ2n) is 6.50. The van der Waals surface area contributed by atoms with Crippen LogP contribution in [0.4, 0.5) is 0 Å². The van der Waals surface area contributed by atoms with E-state index in [2.05, 4.69) is 9.98 Å². The number of nitrogens with two attached hydrogens (primary N) is 2. The quantitative estimate of drug-likeness (QED) is 0.539. The Bertz CT molecular complexity index is 728. The number of carbonyl (C=O) groups excluding carboxylic acids is 1. The zero-order valence-electron chi connectivity index (χ0n) is 15.8. The van der Waals surface area contributed by atoms with Crippen LogP contribution in [0.5, 0.6) is 5.75 Å². The van der Waals surface area contributed by atoms with E-state index >= 15 is 0 Å².